The fourth-order valence-corrected chi connectivity index (χ4v) is 2.26. The van der Waals surface area contributed by atoms with Crippen molar-refractivity contribution in [2.45, 2.75) is 6.54 Å². The smallest absolute Gasteiger partial charge is 0.257 e. The highest BCUT2D eigenvalue weighted by molar-refractivity contribution is 7.07. The number of nitrogens with one attached hydrogen (secondary N) is 1. The predicted octanol–water partition coefficient (Wildman–Crippen LogP) is 0.436. The van der Waals surface area contributed by atoms with E-state index >= 15 is 0 Å². The van der Waals surface area contributed by atoms with Crippen LogP contribution in [0.2, 0.25) is 0 Å². The second kappa shape index (κ2) is 5.81. The molecule has 10 heteroatoms. The maximum atomic E-state index is 5.42. The molecule has 0 atom stereocenters. The lowest BCUT2D eigenvalue weighted by molar-refractivity contribution is 0.771. The maximum Gasteiger partial charge on any atom is 0.257 e. The molecule has 108 valence electrons. The van der Waals surface area contributed by atoms with Crippen molar-refractivity contribution in [2.24, 2.45) is 5.84 Å². The largest absolute Gasteiger partial charge is 0.338 e. The lowest BCUT2D eigenvalue weighted by atomic mass is 10.4. The number of nitrogen functional groups attached to an aromatic ring is 1. The number of hydrazine groups is 1. The zero-order valence-electron chi connectivity index (χ0n) is 11.2. The molecule has 0 radical (unpaired) electrons. The molecule has 3 rings (SSSR count). The zero-order valence-corrected chi connectivity index (χ0v) is 12.0. The van der Waals surface area contributed by atoms with Crippen LogP contribution < -0.4 is 16.2 Å². The van der Waals surface area contributed by atoms with Crippen molar-refractivity contribution >= 4 is 23.2 Å². The van der Waals surface area contributed by atoms with Crippen LogP contribution in [0.1, 0.15) is 5.69 Å². The van der Waals surface area contributed by atoms with Gasteiger partial charge >= 0.3 is 0 Å². The number of rotatable bonds is 5. The van der Waals surface area contributed by atoms with Crippen molar-refractivity contribution in [3.8, 4) is 5.95 Å². The van der Waals surface area contributed by atoms with Gasteiger partial charge in [-0.25, -0.2) is 15.5 Å². The van der Waals surface area contributed by atoms with E-state index in [1.54, 1.807) is 40.0 Å². The van der Waals surface area contributed by atoms with Crippen LogP contribution in [0.5, 0.6) is 0 Å². The van der Waals surface area contributed by atoms with Gasteiger partial charge in [-0.3, -0.25) is 5.43 Å². The lowest BCUT2D eigenvalue weighted by Crippen LogP contribution is -2.22. The molecule has 3 heterocycles. The summed E-state index contributed by atoms with van der Waals surface area (Å²) in [5.41, 5.74) is 5.18. The SMILES string of the molecule is CN(Cc1cscn1)c1nc(NN)nc(-n2cccn2)n1. The van der Waals surface area contributed by atoms with Crippen molar-refractivity contribution < 1.29 is 0 Å². The molecule has 0 spiro atoms. The van der Waals surface area contributed by atoms with Crippen LogP contribution in [0, 0.1) is 0 Å². The number of hydrogen-bond acceptors (Lipinski definition) is 9. The van der Waals surface area contributed by atoms with E-state index in [4.69, 9.17) is 5.84 Å². The Balaban J connectivity index is 1.92. The summed E-state index contributed by atoms with van der Waals surface area (Å²) in [5, 5.41) is 6.08. The molecule has 0 aliphatic rings. The second-order valence-corrected chi connectivity index (χ2v) is 4.91. The van der Waals surface area contributed by atoms with Crippen LogP contribution in [0.25, 0.3) is 5.95 Å². The molecule has 0 saturated heterocycles. The van der Waals surface area contributed by atoms with Crippen molar-refractivity contribution in [3.05, 3.63) is 35.0 Å². The first kappa shape index (κ1) is 13.4. The molecule has 3 aromatic rings. The Morgan fingerprint density at radius 3 is 2.95 bits per heavy atom. The summed E-state index contributed by atoms with van der Waals surface area (Å²) in [6.07, 6.45) is 3.40. The second-order valence-electron chi connectivity index (χ2n) is 4.19. The Morgan fingerprint density at radius 1 is 1.38 bits per heavy atom. The van der Waals surface area contributed by atoms with E-state index in [2.05, 4.69) is 30.5 Å². The molecule has 3 aromatic heterocycles. The van der Waals surface area contributed by atoms with E-state index in [1.807, 2.05) is 17.3 Å². The van der Waals surface area contributed by atoms with Crippen LogP contribution in [0.4, 0.5) is 11.9 Å². The Kier molecular flexibility index (Phi) is 3.71. The summed E-state index contributed by atoms with van der Waals surface area (Å²) >= 11 is 1.55. The van der Waals surface area contributed by atoms with Gasteiger partial charge in [0.15, 0.2) is 0 Å². The molecule has 0 aliphatic carbocycles. The Morgan fingerprint density at radius 2 is 2.29 bits per heavy atom. The molecule has 9 nitrogen and oxygen atoms in total. The Bertz CT molecular complexity index is 695. The minimum Gasteiger partial charge on any atom is -0.338 e. The van der Waals surface area contributed by atoms with E-state index < -0.39 is 0 Å². The average molecular weight is 303 g/mol. The summed E-state index contributed by atoms with van der Waals surface area (Å²) in [5.74, 6) is 6.56. The third kappa shape index (κ3) is 2.95. The molecule has 3 N–H and O–H groups in total. The van der Waals surface area contributed by atoms with Crippen molar-refractivity contribution in [1.82, 2.24) is 29.7 Å². The molecule has 0 aromatic carbocycles. The number of aromatic nitrogens is 6. The van der Waals surface area contributed by atoms with Gasteiger partial charge in [0.05, 0.1) is 17.7 Å². The average Bonchev–Trinajstić information content (AvgIpc) is 3.20. The Labute approximate surface area is 124 Å². The third-order valence-electron chi connectivity index (χ3n) is 2.67. The van der Waals surface area contributed by atoms with Crippen LogP contribution >= 0.6 is 11.3 Å². The maximum absolute atomic E-state index is 5.42. The minimum absolute atomic E-state index is 0.274. The number of nitrogens with zero attached hydrogens (tertiary/aromatic N) is 7. The number of hydrogen-bond donors (Lipinski definition) is 2. The number of thiazole rings is 1. The van der Waals surface area contributed by atoms with Crippen molar-refractivity contribution in [3.63, 3.8) is 0 Å². The van der Waals surface area contributed by atoms with Gasteiger partial charge in [-0.2, -0.15) is 20.1 Å². The molecule has 0 fully saturated rings. The fourth-order valence-electron chi connectivity index (χ4n) is 1.71. The number of anilines is 2. The molecule has 0 amide bonds. The summed E-state index contributed by atoms with van der Waals surface area (Å²) in [6.45, 7) is 0.593. The summed E-state index contributed by atoms with van der Waals surface area (Å²) in [4.78, 5) is 18.9. The highest BCUT2D eigenvalue weighted by Gasteiger charge is 2.12. The topological polar surface area (TPSA) is 111 Å². The molecule has 21 heavy (non-hydrogen) atoms. The first-order valence-corrected chi connectivity index (χ1v) is 7.01. The molecule has 0 saturated carbocycles. The first-order chi connectivity index (χ1) is 10.3. The quantitative estimate of drug-likeness (QED) is 0.516. The van der Waals surface area contributed by atoms with Gasteiger partial charge in [-0.1, -0.05) is 0 Å². The van der Waals surface area contributed by atoms with Gasteiger partial charge in [0.2, 0.25) is 11.9 Å². The van der Waals surface area contributed by atoms with E-state index in [0.29, 0.717) is 18.4 Å². The molecular formula is C11H13N9S. The summed E-state index contributed by atoms with van der Waals surface area (Å²) in [7, 11) is 1.88. The zero-order chi connectivity index (χ0) is 14.7. The van der Waals surface area contributed by atoms with Gasteiger partial charge < -0.3 is 4.90 Å². The normalized spacial score (nSPS) is 10.6. The molecule has 0 aliphatic heterocycles. The van der Waals surface area contributed by atoms with Crippen molar-refractivity contribution in [2.75, 3.05) is 17.4 Å². The van der Waals surface area contributed by atoms with E-state index in [9.17, 15) is 0 Å². The predicted molar refractivity (Wildman–Crippen MR) is 79.0 cm³/mol. The molecule has 0 bridgehead atoms. The van der Waals surface area contributed by atoms with Crippen molar-refractivity contribution in [1.29, 1.82) is 0 Å². The lowest BCUT2D eigenvalue weighted by Gasteiger charge is -2.16. The van der Waals surface area contributed by atoms with E-state index in [0.717, 1.165) is 5.69 Å². The first-order valence-electron chi connectivity index (χ1n) is 6.07. The minimum atomic E-state index is 0.274. The van der Waals surface area contributed by atoms with Gasteiger partial charge in [-0.05, 0) is 6.07 Å². The monoisotopic (exact) mass is 303 g/mol. The van der Waals surface area contributed by atoms with E-state index in [1.165, 1.54) is 0 Å². The standard InChI is InChI=1S/C11H13N9S/c1-19(5-8-6-21-7-13-8)10-15-9(18-12)16-11(17-10)20-4-2-3-14-20/h2-4,6-7H,5,12H2,1H3,(H,15,16,17,18). The highest BCUT2D eigenvalue weighted by Crippen LogP contribution is 2.14. The molecular weight excluding hydrogens is 290 g/mol. The highest BCUT2D eigenvalue weighted by atomic mass is 32.1. The summed E-state index contributed by atoms with van der Waals surface area (Å²) < 4.78 is 1.54. The van der Waals surface area contributed by atoms with Crippen LogP contribution in [0.3, 0.4) is 0 Å². The summed E-state index contributed by atoms with van der Waals surface area (Å²) in [6, 6.07) is 1.79. The van der Waals surface area contributed by atoms with Crippen LogP contribution in [-0.4, -0.2) is 36.8 Å². The van der Waals surface area contributed by atoms with Gasteiger partial charge in [0.25, 0.3) is 5.95 Å². The van der Waals surface area contributed by atoms with Crippen LogP contribution in [0.15, 0.2) is 29.4 Å². The fraction of sp³-hybridized carbons (Fsp3) is 0.182. The van der Waals surface area contributed by atoms with Crippen LogP contribution in [-0.2, 0) is 6.54 Å². The van der Waals surface area contributed by atoms with Gasteiger partial charge in [-0.15, -0.1) is 11.3 Å². The third-order valence-corrected chi connectivity index (χ3v) is 3.31. The van der Waals surface area contributed by atoms with E-state index in [-0.39, 0.29) is 5.95 Å². The van der Waals surface area contributed by atoms with Gasteiger partial charge in [0, 0.05) is 24.8 Å². The molecule has 0 unspecified atom stereocenters. The Hall–Kier alpha value is -2.59. The van der Waals surface area contributed by atoms with Gasteiger partial charge in [0.1, 0.15) is 0 Å². The number of nitrogens with two attached hydrogens (primary N) is 1.